The van der Waals surface area contributed by atoms with E-state index in [-0.39, 0.29) is 5.54 Å². The molecule has 0 aliphatic carbocycles. The summed E-state index contributed by atoms with van der Waals surface area (Å²) < 4.78 is 0. The Morgan fingerprint density at radius 1 is 1.54 bits per heavy atom. The molecule has 0 radical (unpaired) electrons. The van der Waals surface area contributed by atoms with Crippen molar-refractivity contribution in [1.29, 1.82) is 0 Å². The topological polar surface area (TPSA) is 15.3 Å². The van der Waals surface area contributed by atoms with Gasteiger partial charge in [0.05, 0.1) is 0 Å². The number of nitrogens with one attached hydrogen (secondary N) is 1. The standard InChI is InChI=1S/C10H22N2S/c1-9-7-13-6-5-12(9)8-10(2,3)11-4/h9,11H,5-8H2,1-4H3. The van der Waals surface area contributed by atoms with Gasteiger partial charge in [-0.25, -0.2) is 0 Å². The van der Waals surface area contributed by atoms with E-state index in [0.29, 0.717) is 0 Å². The molecule has 1 aliphatic rings. The second-order valence-electron chi connectivity index (χ2n) is 4.53. The highest BCUT2D eigenvalue weighted by molar-refractivity contribution is 7.99. The van der Waals surface area contributed by atoms with Crippen molar-refractivity contribution >= 4 is 11.8 Å². The highest BCUT2D eigenvalue weighted by atomic mass is 32.2. The first-order chi connectivity index (χ1) is 6.05. The van der Waals surface area contributed by atoms with Crippen molar-refractivity contribution in [3.05, 3.63) is 0 Å². The lowest BCUT2D eigenvalue weighted by Gasteiger charge is -2.38. The van der Waals surface area contributed by atoms with E-state index in [0.717, 1.165) is 12.6 Å². The highest BCUT2D eigenvalue weighted by Gasteiger charge is 2.24. The Bertz CT molecular complexity index is 159. The number of hydrogen-bond donors (Lipinski definition) is 1. The van der Waals surface area contributed by atoms with Gasteiger partial charge in [-0.05, 0) is 27.8 Å². The van der Waals surface area contributed by atoms with E-state index < -0.39 is 0 Å². The summed E-state index contributed by atoms with van der Waals surface area (Å²) in [7, 11) is 2.05. The van der Waals surface area contributed by atoms with Crippen LogP contribution in [-0.4, -0.2) is 48.1 Å². The molecule has 0 bridgehead atoms. The third-order valence-electron chi connectivity index (χ3n) is 2.78. The Labute approximate surface area is 86.5 Å². The second kappa shape index (κ2) is 4.67. The van der Waals surface area contributed by atoms with E-state index >= 15 is 0 Å². The van der Waals surface area contributed by atoms with Crippen LogP contribution in [0.4, 0.5) is 0 Å². The van der Waals surface area contributed by atoms with Crippen LogP contribution in [0.15, 0.2) is 0 Å². The van der Waals surface area contributed by atoms with Crippen LogP contribution < -0.4 is 5.32 Å². The first-order valence-corrected chi connectivity index (χ1v) is 6.21. The number of hydrogen-bond acceptors (Lipinski definition) is 3. The molecule has 0 spiro atoms. The predicted octanol–water partition coefficient (Wildman–Crippen LogP) is 1.42. The molecule has 1 saturated heterocycles. The Hall–Kier alpha value is 0.270. The van der Waals surface area contributed by atoms with Gasteiger partial charge in [-0.1, -0.05) is 0 Å². The molecule has 1 N–H and O–H groups in total. The van der Waals surface area contributed by atoms with Gasteiger partial charge in [0, 0.05) is 36.2 Å². The molecule has 2 nitrogen and oxygen atoms in total. The van der Waals surface area contributed by atoms with Crippen molar-refractivity contribution in [3.8, 4) is 0 Å². The van der Waals surface area contributed by atoms with Crippen molar-refractivity contribution in [3.63, 3.8) is 0 Å². The minimum atomic E-state index is 0.246. The molecule has 78 valence electrons. The molecule has 1 fully saturated rings. The van der Waals surface area contributed by atoms with Crippen LogP contribution in [0, 0.1) is 0 Å². The van der Waals surface area contributed by atoms with Gasteiger partial charge in [-0.15, -0.1) is 0 Å². The maximum atomic E-state index is 3.36. The van der Waals surface area contributed by atoms with Crippen LogP contribution in [0.1, 0.15) is 20.8 Å². The zero-order chi connectivity index (χ0) is 9.90. The number of rotatable bonds is 3. The largest absolute Gasteiger partial charge is 0.314 e. The Morgan fingerprint density at radius 3 is 2.77 bits per heavy atom. The summed E-state index contributed by atoms with van der Waals surface area (Å²) >= 11 is 2.08. The Balaban J connectivity index is 2.42. The van der Waals surface area contributed by atoms with Crippen molar-refractivity contribution in [2.24, 2.45) is 0 Å². The summed E-state index contributed by atoms with van der Waals surface area (Å²) in [6, 6.07) is 0.742. The van der Waals surface area contributed by atoms with E-state index in [1.807, 2.05) is 7.05 Å². The third-order valence-corrected chi connectivity index (χ3v) is 3.97. The average Bonchev–Trinajstić information content (AvgIpc) is 2.09. The van der Waals surface area contributed by atoms with Crippen LogP contribution in [0.5, 0.6) is 0 Å². The molecule has 13 heavy (non-hydrogen) atoms. The fourth-order valence-corrected chi connectivity index (χ4v) is 2.67. The monoisotopic (exact) mass is 202 g/mol. The predicted molar refractivity (Wildman–Crippen MR) is 61.5 cm³/mol. The van der Waals surface area contributed by atoms with Crippen molar-refractivity contribution in [2.45, 2.75) is 32.4 Å². The second-order valence-corrected chi connectivity index (χ2v) is 5.68. The SMILES string of the molecule is CNC(C)(C)CN1CCSCC1C. The first kappa shape index (κ1) is 11.3. The van der Waals surface area contributed by atoms with Crippen molar-refractivity contribution < 1.29 is 0 Å². The summed E-state index contributed by atoms with van der Waals surface area (Å²) in [5.74, 6) is 2.59. The van der Waals surface area contributed by atoms with Gasteiger partial charge < -0.3 is 5.32 Å². The smallest absolute Gasteiger partial charge is 0.0249 e. The zero-order valence-corrected chi connectivity index (χ0v) is 10.1. The van der Waals surface area contributed by atoms with Crippen molar-refractivity contribution in [2.75, 3.05) is 31.6 Å². The van der Waals surface area contributed by atoms with E-state index in [1.54, 1.807) is 0 Å². The maximum Gasteiger partial charge on any atom is 0.0249 e. The lowest BCUT2D eigenvalue weighted by molar-refractivity contribution is 0.177. The Kier molecular flexibility index (Phi) is 4.07. The molecule has 1 unspecified atom stereocenters. The van der Waals surface area contributed by atoms with E-state index in [1.165, 1.54) is 18.1 Å². The van der Waals surface area contributed by atoms with E-state index in [4.69, 9.17) is 0 Å². The van der Waals surface area contributed by atoms with Crippen LogP contribution >= 0.6 is 11.8 Å². The third kappa shape index (κ3) is 3.49. The van der Waals surface area contributed by atoms with Gasteiger partial charge in [0.1, 0.15) is 0 Å². The molecule has 3 heteroatoms. The first-order valence-electron chi connectivity index (χ1n) is 5.06. The molecule has 1 rings (SSSR count). The molecular formula is C10H22N2S. The molecule has 1 atom stereocenters. The summed E-state index contributed by atoms with van der Waals surface area (Å²) in [4.78, 5) is 2.59. The fraction of sp³-hybridized carbons (Fsp3) is 1.00. The summed E-state index contributed by atoms with van der Waals surface area (Å²) in [6.07, 6.45) is 0. The molecule has 0 aromatic carbocycles. The molecule has 1 aliphatic heterocycles. The number of nitrogens with zero attached hydrogens (tertiary/aromatic N) is 1. The van der Waals surface area contributed by atoms with Crippen LogP contribution in [0.3, 0.4) is 0 Å². The molecule has 0 saturated carbocycles. The van der Waals surface area contributed by atoms with Gasteiger partial charge in [0.15, 0.2) is 0 Å². The van der Waals surface area contributed by atoms with Gasteiger partial charge in [0.25, 0.3) is 0 Å². The van der Waals surface area contributed by atoms with Crippen LogP contribution in [0.2, 0.25) is 0 Å². The normalized spacial score (nSPS) is 26.3. The average molecular weight is 202 g/mol. The van der Waals surface area contributed by atoms with Gasteiger partial charge in [-0.3, -0.25) is 4.90 Å². The fourth-order valence-electron chi connectivity index (χ4n) is 1.58. The summed E-state index contributed by atoms with van der Waals surface area (Å²) in [5, 5.41) is 3.36. The van der Waals surface area contributed by atoms with Crippen molar-refractivity contribution in [1.82, 2.24) is 10.2 Å². The van der Waals surface area contributed by atoms with Gasteiger partial charge >= 0.3 is 0 Å². The molecular weight excluding hydrogens is 180 g/mol. The van der Waals surface area contributed by atoms with E-state index in [9.17, 15) is 0 Å². The van der Waals surface area contributed by atoms with Crippen LogP contribution in [0.25, 0.3) is 0 Å². The quantitative estimate of drug-likeness (QED) is 0.745. The molecule has 0 aromatic rings. The number of likely N-dealkylation sites (N-methyl/N-ethyl adjacent to an activating group) is 1. The van der Waals surface area contributed by atoms with Gasteiger partial charge in [0.2, 0.25) is 0 Å². The summed E-state index contributed by atoms with van der Waals surface area (Å²) in [6.45, 7) is 9.27. The Morgan fingerprint density at radius 2 is 2.23 bits per heavy atom. The number of thioether (sulfide) groups is 1. The van der Waals surface area contributed by atoms with E-state index in [2.05, 4.69) is 42.7 Å². The lowest BCUT2D eigenvalue weighted by Crippen LogP contribution is -2.52. The molecule has 1 heterocycles. The van der Waals surface area contributed by atoms with Crippen LogP contribution in [-0.2, 0) is 0 Å². The summed E-state index contributed by atoms with van der Waals surface area (Å²) in [5.41, 5.74) is 0.246. The zero-order valence-electron chi connectivity index (χ0n) is 9.26. The molecule has 0 aromatic heterocycles. The highest BCUT2D eigenvalue weighted by Crippen LogP contribution is 2.18. The lowest BCUT2D eigenvalue weighted by atomic mass is 10.0. The van der Waals surface area contributed by atoms with Gasteiger partial charge in [-0.2, -0.15) is 11.8 Å². The minimum Gasteiger partial charge on any atom is -0.314 e. The minimum absolute atomic E-state index is 0.246. The molecule has 0 amide bonds. The maximum absolute atomic E-state index is 3.36.